The molecule has 0 unspecified atom stereocenters. The second kappa shape index (κ2) is 4.06. The van der Waals surface area contributed by atoms with Crippen LogP contribution in [0.4, 0.5) is 5.69 Å². The molecular weight excluding hydrogens is 202 g/mol. The Kier molecular flexibility index (Phi) is 2.75. The number of aromatic nitrogens is 2. The number of benzene rings is 1. The van der Waals surface area contributed by atoms with Crippen LogP contribution in [0.25, 0.3) is 10.9 Å². The molecule has 0 saturated heterocycles. The van der Waals surface area contributed by atoms with Gasteiger partial charge in [-0.25, -0.2) is 0 Å². The zero-order valence-electron chi connectivity index (χ0n) is 9.44. The molecule has 0 fully saturated rings. The Bertz CT molecular complexity index is 491. The van der Waals surface area contributed by atoms with E-state index in [2.05, 4.69) is 15.5 Å². The van der Waals surface area contributed by atoms with Gasteiger partial charge in [0.1, 0.15) is 0 Å². The standard InChI is InChI=1S/C12H15N3O/c1-12(2,8-16)14-11-7-13-15-10-6-4-3-5-9(10)11/h3-7,16H,8H2,1-2H3,(H,14,15). The van der Waals surface area contributed by atoms with Gasteiger partial charge in [-0.2, -0.15) is 10.2 Å². The van der Waals surface area contributed by atoms with Gasteiger partial charge in [0, 0.05) is 5.39 Å². The van der Waals surface area contributed by atoms with E-state index in [9.17, 15) is 5.11 Å². The van der Waals surface area contributed by atoms with E-state index in [0.717, 1.165) is 16.6 Å². The fraction of sp³-hybridized carbons (Fsp3) is 0.333. The summed E-state index contributed by atoms with van der Waals surface area (Å²) in [6, 6.07) is 7.79. The van der Waals surface area contributed by atoms with E-state index in [0.29, 0.717) is 0 Å². The van der Waals surface area contributed by atoms with Gasteiger partial charge in [0.25, 0.3) is 0 Å². The highest BCUT2D eigenvalue weighted by molar-refractivity contribution is 5.90. The van der Waals surface area contributed by atoms with E-state index in [1.165, 1.54) is 0 Å². The Morgan fingerprint density at radius 2 is 2.06 bits per heavy atom. The smallest absolute Gasteiger partial charge is 0.0950 e. The Balaban J connectivity index is 2.45. The van der Waals surface area contributed by atoms with E-state index in [1.54, 1.807) is 6.20 Å². The zero-order valence-corrected chi connectivity index (χ0v) is 9.44. The second-order valence-corrected chi connectivity index (χ2v) is 4.44. The maximum Gasteiger partial charge on any atom is 0.0950 e. The molecule has 16 heavy (non-hydrogen) atoms. The minimum Gasteiger partial charge on any atom is -0.394 e. The lowest BCUT2D eigenvalue weighted by molar-refractivity contribution is 0.234. The Labute approximate surface area is 94.3 Å². The third-order valence-electron chi connectivity index (χ3n) is 2.41. The summed E-state index contributed by atoms with van der Waals surface area (Å²) >= 11 is 0. The highest BCUT2D eigenvalue weighted by atomic mass is 16.3. The van der Waals surface area contributed by atoms with Crippen LogP contribution in [0.1, 0.15) is 13.8 Å². The molecule has 0 atom stereocenters. The third-order valence-corrected chi connectivity index (χ3v) is 2.41. The zero-order chi connectivity index (χ0) is 11.6. The van der Waals surface area contributed by atoms with Crippen LogP contribution in [0.2, 0.25) is 0 Å². The van der Waals surface area contributed by atoms with Crippen molar-refractivity contribution < 1.29 is 5.11 Å². The summed E-state index contributed by atoms with van der Waals surface area (Å²) < 4.78 is 0. The second-order valence-electron chi connectivity index (χ2n) is 4.44. The molecule has 2 N–H and O–H groups in total. The summed E-state index contributed by atoms with van der Waals surface area (Å²) in [4.78, 5) is 0. The SMILES string of the molecule is CC(C)(CO)Nc1cnnc2ccccc12. The fourth-order valence-electron chi connectivity index (χ4n) is 1.51. The average Bonchev–Trinajstić information content (AvgIpc) is 2.29. The molecule has 1 heterocycles. The molecule has 4 nitrogen and oxygen atoms in total. The van der Waals surface area contributed by atoms with Crippen LogP contribution >= 0.6 is 0 Å². The van der Waals surface area contributed by atoms with Crippen LogP contribution in [0.15, 0.2) is 30.5 Å². The van der Waals surface area contributed by atoms with Crippen molar-refractivity contribution in [2.24, 2.45) is 0 Å². The molecule has 0 spiro atoms. The van der Waals surface area contributed by atoms with E-state index in [-0.39, 0.29) is 12.1 Å². The molecule has 0 aliphatic rings. The molecule has 1 aromatic carbocycles. The van der Waals surface area contributed by atoms with Crippen molar-refractivity contribution in [2.75, 3.05) is 11.9 Å². The Hall–Kier alpha value is -1.68. The van der Waals surface area contributed by atoms with Gasteiger partial charge in [-0.15, -0.1) is 0 Å². The predicted molar refractivity (Wildman–Crippen MR) is 64.3 cm³/mol. The molecule has 2 aromatic rings. The molecular formula is C12H15N3O. The number of nitrogens with one attached hydrogen (secondary N) is 1. The number of nitrogens with zero attached hydrogens (tertiary/aromatic N) is 2. The van der Waals surface area contributed by atoms with Crippen molar-refractivity contribution in [1.29, 1.82) is 0 Å². The van der Waals surface area contributed by atoms with Gasteiger partial charge in [0.15, 0.2) is 0 Å². The number of aliphatic hydroxyl groups excluding tert-OH is 1. The van der Waals surface area contributed by atoms with Crippen LogP contribution in [-0.4, -0.2) is 27.4 Å². The van der Waals surface area contributed by atoms with Gasteiger partial charge < -0.3 is 10.4 Å². The van der Waals surface area contributed by atoms with Gasteiger partial charge in [-0.05, 0) is 19.9 Å². The molecule has 0 bridgehead atoms. The highest BCUT2D eigenvalue weighted by Crippen LogP contribution is 2.22. The van der Waals surface area contributed by atoms with Gasteiger partial charge in [-0.3, -0.25) is 0 Å². The summed E-state index contributed by atoms with van der Waals surface area (Å²) in [5.74, 6) is 0. The van der Waals surface area contributed by atoms with Crippen LogP contribution in [0.3, 0.4) is 0 Å². The monoisotopic (exact) mass is 217 g/mol. The van der Waals surface area contributed by atoms with Crippen molar-refractivity contribution in [1.82, 2.24) is 10.2 Å². The largest absolute Gasteiger partial charge is 0.394 e. The first-order valence-corrected chi connectivity index (χ1v) is 5.22. The molecule has 0 aliphatic heterocycles. The number of anilines is 1. The van der Waals surface area contributed by atoms with Crippen molar-refractivity contribution >= 4 is 16.6 Å². The number of aliphatic hydroxyl groups is 1. The lowest BCUT2D eigenvalue weighted by atomic mass is 10.1. The van der Waals surface area contributed by atoms with Gasteiger partial charge in [0.05, 0.1) is 29.5 Å². The van der Waals surface area contributed by atoms with Crippen molar-refractivity contribution in [3.63, 3.8) is 0 Å². The molecule has 0 aliphatic carbocycles. The molecule has 2 rings (SSSR count). The number of hydrogen-bond acceptors (Lipinski definition) is 4. The number of rotatable bonds is 3. The van der Waals surface area contributed by atoms with Gasteiger partial charge in [0.2, 0.25) is 0 Å². The average molecular weight is 217 g/mol. The summed E-state index contributed by atoms with van der Waals surface area (Å²) in [6.45, 7) is 3.92. The summed E-state index contributed by atoms with van der Waals surface area (Å²) in [7, 11) is 0. The van der Waals surface area contributed by atoms with E-state index in [4.69, 9.17) is 0 Å². The quantitative estimate of drug-likeness (QED) is 0.823. The van der Waals surface area contributed by atoms with E-state index < -0.39 is 0 Å². The topological polar surface area (TPSA) is 58.0 Å². The molecule has 1 aromatic heterocycles. The first kappa shape index (κ1) is 10.8. The summed E-state index contributed by atoms with van der Waals surface area (Å²) in [5.41, 5.74) is 1.37. The van der Waals surface area contributed by atoms with Gasteiger partial charge in [-0.1, -0.05) is 18.2 Å². The Morgan fingerprint density at radius 3 is 2.81 bits per heavy atom. The minimum atomic E-state index is -0.369. The first-order chi connectivity index (χ1) is 7.62. The van der Waals surface area contributed by atoms with Crippen molar-refractivity contribution in [2.45, 2.75) is 19.4 Å². The first-order valence-electron chi connectivity index (χ1n) is 5.22. The van der Waals surface area contributed by atoms with Crippen LogP contribution < -0.4 is 5.32 Å². The maximum absolute atomic E-state index is 9.23. The van der Waals surface area contributed by atoms with Crippen molar-refractivity contribution in [3.8, 4) is 0 Å². The van der Waals surface area contributed by atoms with E-state index >= 15 is 0 Å². The van der Waals surface area contributed by atoms with Crippen LogP contribution in [0.5, 0.6) is 0 Å². The molecule has 0 saturated carbocycles. The highest BCUT2D eigenvalue weighted by Gasteiger charge is 2.17. The molecule has 0 amide bonds. The molecule has 84 valence electrons. The third kappa shape index (κ3) is 2.12. The maximum atomic E-state index is 9.23. The number of fused-ring (bicyclic) bond motifs is 1. The lowest BCUT2D eigenvalue weighted by Crippen LogP contribution is -2.35. The Morgan fingerprint density at radius 1 is 1.31 bits per heavy atom. The van der Waals surface area contributed by atoms with E-state index in [1.807, 2.05) is 38.1 Å². The summed E-state index contributed by atoms with van der Waals surface area (Å²) in [6.07, 6.45) is 1.68. The number of hydrogen-bond donors (Lipinski definition) is 2. The van der Waals surface area contributed by atoms with Crippen LogP contribution in [0, 0.1) is 0 Å². The van der Waals surface area contributed by atoms with Gasteiger partial charge >= 0.3 is 0 Å². The lowest BCUT2D eigenvalue weighted by Gasteiger charge is -2.25. The normalized spacial score (nSPS) is 11.7. The van der Waals surface area contributed by atoms with Crippen LogP contribution in [-0.2, 0) is 0 Å². The molecule has 4 heteroatoms. The summed E-state index contributed by atoms with van der Waals surface area (Å²) in [5, 5.41) is 21.5. The van der Waals surface area contributed by atoms with Crippen molar-refractivity contribution in [3.05, 3.63) is 30.5 Å². The minimum absolute atomic E-state index is 0.0592. The molecule has 0 radical (unpaired) electrons. The predicted octanol–water partition coefficient (Wildman–Crippen LogP) is 1.81. The fourth-order valence-corrected chi connectivity index (χ4v) is 1.51.